The van der Waals surface area contributed by atoms with E-state index in [0.29, 0.717) is 12.3 Å². The van der Waals surface area contributed by atoms with E-state index in [1.165, 1.54) is 6.07 Å². The number of hydrogen-bond donors (Lipinski definition) is 1. The zero-order valence-electron chi connectivity index (χ0n) is 8.70. The molecule has 0 spiro atoms. The molecule has 0 aliphatic heterocycles. The van der Waals surface area contributed by atoms with Crippen LogP contribution in [0.2, 0.25) is 0 Å². The van der Waals surface area contributed by atoms with Gasteiger partial charge in [0.2, 0.25) is 10.0 Å². The van der Waals surface area contributed by atoms with Gasteiger partial charge >= 0.3 is 0 Å². The van der Waals surface area contributed by atoms with Crippen LogP contribution < -0.4 is 5.14 Å². The lowest BCUT2D eigenvalue weighted by molar-refractivity contribution is 0.591. The van der Waals surface area contributed by atoms with E-state index in [1.807, 2.05) is 19.9 Å². The molecule has 3 nitrogen and oxygen atoms in total. The fourth-order valence-corrected chi connectivity index (χ4v) is 2.88. The Morgan fingerprint density at radius 1 is 1.40 bits per heavy atom. The molecule has 0 aliphatic rings. The van der Waals surface area contributed by atoms with Crippen molar-refractivity contribution < 1.29 is 8.42 Å². The normalized spacial score (nSPS) is 12.1. The molecule has 1 aromatic rings. The maximum atomic E-state index is 11.3. The number of halogens is 1. The van der Waals surface area contributed by atoms with E-state index in [9.17, 15) is 8.42 Å². The van der Waals surface area contributed by atoms with Crippen molar-refractivity contribution in [3.8, 4) is 0 Å². The maximum absolute atomic E-state index is 11.3. The molecule has 0 aliphatic carbocycles. The maximum Gasteiger partial charge on any atom is 0.238 e. The first-order chi connectivity index (χ1) is 6.82. The predicted molar refractivity (Wildman–Crippen MR) is 64.1 cm³/mol. The standard InChI is InChI=1S/C10H14BrNO2S/c1-7(2)6-8-9(11)4-3-5-10(8)15(12,13)14/h3-5,7H,6H2,1-2H3,(H2,12,13,14). The van der Waals surface area contributed by atoms with Crippen LogP contribution in [0.4, 0.5) is 0 Å². The first kappa shape index (κ1) is 12.7. The Morgan fingerprint density at radius 3 is 2.47 bits per heavy atom. The van der Waals surface area contributed by atoms with Crippen LogP contribution in [0.25, 0.3) is 0 Å². The van der Waals surface area contributed by atoms with Gasteiger partial charge < -0.3 is 0 Å². The number of nitrogens with two attached hydrogens (primary N) is 1. The van der Waals surface area contributed by atoms with Crippen LogP contribution in [0.3, 0.4) is 0 Å². The topological polar surface area (TPSA) is 60.2 Å². The Hall–Kier alpha value is -0.390. The number of benzene rings is 1. The van der Waals surface area contributed by atoms with Gasteiger partial charge in [0.05, 0.1) is 4.90 Å². The average molecular weight is 292 g/mol. The number of primary sulfonamides is 1. The highest BCUT2D eigenvalue weighted by Crippen LogP contribution is 2.26. The summed E-state index contributed by atoms with van der Waals surface area (Å²) in [7, 11) is -3.63. The fraction of sp³-hybridized carbons (Fsp3) is 0.400. The number of rotatable bonds is 3. The summed E-state index contributed by atoms with van der Waals surface area (Å²) in [5, 5.41) is 5.15. The highest BCUT2D eigenvalue weighted by molar-refractivity contribution is 9.10. The van der Waals surface area contributed by atoms with Gasteiger partial charge in [-0.05, 0) is 30.0 Å². The van der Waals surface area contributed by atoms with Gasteiger partial charge in [0.25, 0.3) is 0 Å². The molecule has 0 fully saturated rings. The largest absolute Gasteiger partial charge is 0.238 e. The zero-order valence-corrected chi connectivity index (χ0v) is 11.1. The quantitative estimate of drug-likeness (QED) is 0.929. The lowest BCUT2D eigenvalue weighted by atomic mass is 10.0. The molecule has 0 radical (unpaired) electrons. The van der Waals surface area contributed by atoms with Crippen molar-refractivity contribution in [2.45, 2.75) is 25.2 Å². The molecule has 1 rings (SSSR count). The van der Waals surface area contributed by atoms with Gasteiger partial charge in [-0.3, -0.25) is 0 Å². The van der Waals surface area contributed by atoms with Gasteiger partial charge in [0.1, 0.15) is 0 Å². The Labute approximate surface area is 98.9 Å². The Balaban J connectivity index is 3.33. The van der Waals surface area contributed by atoms with Crippen LogP contribution in [0.15, 0.2) is 27.6 Å². The summed E-state index contributed by atoms with van der Waals surface area (Å²) < 4.78 is 23.5. The van der Waals surface area contributed by atoms with Crippen molar-refractivity contribution >= 4 is 26.0 Å². The van der Waals surface area contributed by atoms with Gasteiger partial charge in [0, 0.05) is 4.47 Å². The SMILES string of the molecule is CC(C)Cc1c(Br)cccc1S(N)(=O)=O. The summed E-state index contributed by atoms with van der Waals surface area (Å²) in [5.41, 5.74) is 0.759. The molecule has 0 bridgehead atoms. The van der Waals surface area contributed by atoms with Crippen LogP contribution in [0, 0.1) is 5.92 Å². The fourth-order valence-electron chi connectivity index (χ4n) is 1.41. The zero-order chi connectivity index (χ0) is 11.6. The molecule has 0 unspecified atom stereocenters. The first-order valence-electron chi connectivity index (χ1n) is 4.62. The Bertz CT molecular complexity index is 454. The second-order valence-corrected chi connectivity index (χ2v) is 6.24. The lowest BCUT2D eigenvalue weighted by Crippen LogP contribution is -2.15. The third kappa shape index (κ3) is 3.29. The lowest BCUT2D eigenvalue weighted by Gasteiger charge is -2.11. The van der Waals surface area contributed by atoms with Crippen LogP contribution in [0.5, 0.6) is 0 Å². The van der Waals surface area contributed by atoms with Crippen molar-refractivity contribution in [2.24, 2.45) is 11.1 Å². The number of sulfonamides is 1. The molecular weight excluding hydrogens is 278 g/mol. The van der Waals surface area contributed by atoms with Crippen molar-refractivity contribution in [1.82, 2.24) is 0 Å². The first-order valence-corrected chi connectivity index (χ1v) is 6.96. The second-order valence-electron chi connectivity index (χ2n) is 3.86. The van der Waals surface area contributed by atoms with Crippen molar-refractivity contribution in [1.29, 1.82) is 0 Å². The summed E-state index contributed by atoms with van der Waals surface area (Å²) in [6.07, 6.45) is 0.688. The Morgan fingerprint density at radius 2 is 2.00 bits per heavy atom. The summed E-state index contributed by atoms with van der Waals surface area (Å²) in [5.74, 6) is 0.379. The molecule has 0 atom stereocenters. The molecule has 0 saturated carbocycles. The van der Waals surface area contributed by atoms with E-state index >= 15 is 0 Å². The summed E-state index contributed by atoms with van der Waals surface area (Å²) in [6, 6.07) is 5.04. The summed E-state index contributed by atoms with van der Waals surface area (Å²) >= 11 is 3.35. The molecule has 0 aromatic heterocycles. The molecule has 84 valence electrons. The minimum atomic E-state index is -3.63. The van der Waals surface area contributed by atoms with Crippen molar-refractivity contribution in [3.63, 3.8) is 0 Å². The molecule has 0 heterocycles. The molecule has 0 saturated heterocycles. The third-order valence-corrected chi connectivity index (χ3v) is 3.73. The van der Waals surface area contributed by atoms with Gasteiger partial charge in [0.15, 0.2) is 0 Å². The van der Waals surface area contributed by atoms with Crippen LogP contribution >= 0.6 is 15.9 Å². The highest BCUT2D eigenvalue weighted by atomic mass is 79.9. The molecule has 5 heteroatoms. The minimum Gasteiger partial charge on any atom is -0.225 e. The second kappa shape index (κ2) is 4.63. The molecule has 1 aromatic carbocycles. The number of hydrogen-bond acceptors (Lipinski definition) is 2. The van der Waals surface area contributed by atoms with E-state index in [0.717, 1.165) is 10.0 Å². The van der Waals surface area contributed by atoms with E-state index in [2.05, 4.69) is 15.9 Å². The van der Waals surface area contributed by atoms with E-state index < -0.39 is 10.0 Å². The molecule has 15 heavy (non-hydrogen) atoms. The molecule has 0 amide bonds. The summed E-state index contributed by atoms with van der Waals surface area (Å²) in [6.45, 7) is 4.07. The van der Waals surface area contributed by atoms with E-state index in [4.69, 9.17) is 5.14 Å². The van der Waals surface area contributed by atoms with E-state index in [1.54, 1.807) is 6.07 Å². The average Bonchev–Trinajstić information content (AvgIpc) is 2.05. The monoisotopic (exact) mass is 291 g/mol. The van der Waals surface area contributed by atoms with Crippen LogP contribution in [-0.2, 0) is 16.4 Å². The smallest absolute Gasteiger partial charge is 0.225 e. The Kier molecular flexibility index (Phi) is 3.92. The van der Waals surface area contributed by atoms with E-state index in [-0.39, 0.29) is 4.90 Å². The molecule has 2 N–H and O–H groups in total. The highest BCUT2D eigenvalue weighted by Gasteiger charge is 2.16. The van der Waals surface area contributed by atoms with Crippen molar-refractivity contribution in [3.05, 3.63) is 28.2 Å². The van der Waals surface area contributed by atoms with Crippen LogP contribution in [-0.4, -0.2) is 8.42 Å². The summed E-state index contributed by atoms with van der Waals surface area (Å²) in [4.78, 5) is 0.213. The van der Waals surface area contributed by atoms with Crippen LogP contribution in [0.1, 0.15) is 19.4 Å². The molecular formula is C10H14BrNO2S. The van der Waals surface area contributed by atoms with Crippen molar-refractivity contribution in [2.75, 3.05) is 0 Å². The van der Waals surface area contributed by atoms with Gasteiger partial charge in [-0.15, -0.1) is 0 Å². The van der Waals surface area contributed by atoms with Gasteiger partial charge in [-0.2, -0.15) is 0 Å². The van der Waals surface area contributed by atoms with Gasteiger partial charge in [-0.1, -0.05) is 35.8 Å². The third-order valence-electron chi connectivity index (χ3n) is 1.99. The minimum absolute atomic E-state index is 0.213. The predicted octanol–water partition coefficient (Wildman–Crippen LogP) is 2.29. The van der Waals surface area contributed by atoms with Gasteiger partial charge in [-0.25, -0.2) is 13.6 Å².